The van der Waals surface area contributed by atoms with Crippen LogP contribution in [0, 0.1) is 5.92 Å². The van der Waals surface area contributed by atoms with Gasteiger partial charge in [0.05, 0.1) is 0 Å². The zero-order chi connectivity index (χ0) is 25.2. The van der Waals surface area contributed by atoms with Crippen molar-refractivity contribution < 1.29 is 19.5 Å². The van der Waals surface area contributed by atoms with Gasteiger partial charge in [0.2, 0.25) is 0 Å². The molecule has 2 aromatic carbocycles. The molecule has 35 heavy (non-hydrogen) atoms. The highest BCUT2D eigenvalue weighted by molar-refractivity contribution is 7.13. The largest absolute Gasteiger partial charge is 0.480 e. The maximum atomic E-state index is 12.6. The van der Waals surface area contributed by atoms with Crippen LogP contribution in [0.5, 0.6) is 0 Å². The Morgan fingerprint density at radius 1 is 1.00 bits per heavy atom. The van der Waals surface area contributed by atoms with Crippen LogP contribution in [0.25, 0.3) is 10.6 Å². The third kappa shape index (κ3) is 5.35. The molecule has 1 aliphatic carbocycles. The smallest absolute Gasteiger partial charge is 0.329 e. The Morgan fingerprint density at radius 2 is 1.66 bits per heavy atom. The molecule has 1 aliphatic rings. The predicted octanol–water partition coefficient (Wildman–Crippen LogP) is 5.17. The minimum atomic E-state index is -1.39. The van der Waals surface area contributed by atoms with Gasteiger partial charge in [-0.25, -0.2) is 14.6 Å². The zero-order valence-corrected chi connectivity index (χ0v) is 20.7. The standard InChI is InChI=1S/C26H28N4O4S/c1-15(2)26(3,24(32)33)30-22(31)21-14-35-23(29-21)17-8-10-19(11-9-17)27-25(34)28-20-12-7-16-5-4-6-18(16)13-20/h7-15H,4-6H2,1-3H3,(H,30,31)(H,32,33)(H2,27,28,34)/t26-/m0/s1. The summed E-state index contributed by atoms with van der Waals surface area (Å²) in [5.41, 5.74) is 3.58. The van der Waals surface area contributed by atoms with E-state index in [1.165, 1.54) is 29.4 Å². The fourth-order valence-electron chi connectivity index (χ4n) is 3.89. The average Bonchev–Trinajstić information content (AvgIpc) is 3.49. The number of hydrogen-bond acceptors (Lipinski definition) is 5. The molecule has 0 aliphatic heterocycles. The van der Waals surface area contributed by atoms with E-state index in [2.05, 4.69) is 27.0 Å². The van der Waals surface area contributed by atoms with E-state index in [9.17, 15) is 19.5 Å². The van der Waals surface area contributed by atoms with Gasteiger partial charge in [-0.05, 0) is 79.6 Å². The number of hydrogen-bond donors (Lipinski definition) is 4. The fraction of sp³-hybridized carbons (Fsp3) is 0.308. The number of carbonyl (C=O) groups is 3. The third-order valence-electron chi connectivity index (χ3n) is 6.46. The van der Waals surface area contributed by atoms with Gasteiger partial charge < -0.3 is 21.1 Å². The van der Waals surface area contributed by atoms with Crippen molar-refractivity contribution in [1.82, 2.24) is 10.3 Å². The number of carboxylic acids is 1. The number of aryl methyl sites for hydroxylation is 2. The van der Waals surface area contributed by atoms with Crippen molar-refractivity contribution >= 4 is 40.6 Å². The Morgan fingerprint density at radius 3 is 2.34 bits per heavy atom. The van der Waals surface area contributed by atoms with E-state index in [-0.39, 0.29) is 17.6 Å². The van der Waals surface area contributed by atoms with Crippen LogP contribution in [0.3, 0.4) is 0 Å². The summed E-state index contributed by atoms with van der Waals surface area (Å²) in [6.45, 7) is 4.96. The highest BCUT2D eigenvalue weighted by atomic mass is 32.1. The molecule has 1 aromatic heterocycles. The number of carbonyl (C=O) groups excluding carboxylic acids is 2. The first kappa shape index (κ1) is 24.4. The summed E-state index contributed by atoms with van der Waals surface area (Å²) in [6, 6.07) is 12.8. The predicted molar refractivity (Wildman–Crippen MR) is 137 cm³/mol. The number of anilines is 2. The van der Waals surface area contributed by atoms with E-state index in [1.54, 1.807) is 43.5 Å². The Labute approximate surface area is 207 Å². The minimum Gasteiger partial charge on any atom is -0.480 e. The molecule has 0 fully saturated rings. The summed E-state index contributed by atoms with van der Waals surface area (Å²) in [7, 11) is 0. The fourth-order valence-corrected chi connectivity index (χ4v) is 4.70. The average molecular weight is 493 g/mol. The van der Waals surface area contributed by atoms with Crippen molar-refractivity contribution in [2.45, 2.75) is 45.6 Å². The maximum absolute atomic E-state index is 12.6. The van der Waals surface area contributed by atoms with E-state index in [0.29, 0.717) is 10.7 Å². The number of nitrogens with one attached hydrogen (secondary N) is 3. The second kappa shape index (κ2) is 9.87. The molecule has 3 amide bonds. The van der Waals surface area contributed by atoms with Crippen LogP contribution in [-0.2, 0) is 17.6 Å². The van der Waals surface area contributed by atoms with Crippen LogP contribution in [0.4, 0.5) is 16.2 Å². The van der Waals surface area contributed by atoms with Crippen molar-refractivity contribution in [3.8, 4) is 10.6 Å². The molecule has 0 bridgehead atoms. The van der Waals surface area contributed by atoms with Gasteiger partial charge in [-0.2, -0.15) is 0 Å². The normalized spacial score (nSPS) is 14.2. The number of aliphatic carboxylic acids is 1. The second-order valence-corrected chi connectivity index (χ2v) is 10.0. The Kier molecular flexibility index (Phi) is 6.88. The summed E-state index contributed by atoms with van der Waals surface area (Å²) >= 11 is 1.29. The van der Waals surface area contributed by atoms with E-state index in [0.717, 1.165) is 30.5 Å². The van der Waals surface area contributed by atoms with Gasteiger partial charge in [-0.15, -0.1) is 11.3 Å². The molecular formula is C26H28N4O4S. The van der Waals surface area contributed by atoms with Gasteiger partial charge in [-0.3, -0.25) is 4.79 Å². The Balaban J connectivity index is 1.38. The molecule has 0 saturated heterocycles. The lowest BCUT2D eigenvalue weighted by Gasteiger charge is -2.29. The first-order valence-corrected chi connectivity index (χ1v) is 12.4. The lowest BCUT2D eigenvalue weighted by atomic mass is 9.88. The van der Waals surface area contributed by atoms with Gasteiger partial charge in [0.15, 0.2) is 0 Å². The molecule has 1 heterocycles. The molecular weight excluding hydrogens is 464 g/mol. The molecule has 8 nitrogen and oxygen atoms in total. The van der Waals surface area contributed by atoms with Crippen molar-refractivity contribution in [2.24, 2.45) is 5.92 Å². The Bertz CT molecular complexity index is 1270. The zero-order valence-electron chi connectivity index (χ0n) is 19.8. The van der Waals surface area contributed by atoms with Crippen molar-refractivity contribution in [1.29, 1.82) is 0 Å². The topological polar surface area (TPSA) is 120 Å². The van der Waals surface area contributed by atoms with Crippen molar-refractivity contribution in [3.63, 3.8) is 0 Å². The number of nitrogens with zero attached hydrogens (tertiary/aromatic N) is 1. The molecule has 0 radical (unpaired) electrons. The van der Waals surface area contributed by atoms with Gasteiger partial charge in [0.25, 0.3) is 5.91 Å². The SMILES string of the molecule is CC(C)[C@](C)(NC(=O)c1csc(-c2ccc(NC(=O)Nc3ccc4c(c3)CCC4)cc2)n1)C(=O)O. The van der Waals surface area contributed by atoms with Crippen LogP contribution in [0.15, 0.2) is 47.8 Å². The molecule has 0 saturated carbocycles. The lowest BCUT2D eigenvalue weighted by molar-refractivity contribution is -0.145. The van der Waals surface area contributed by atoms with Crippen LogP contribution < -0.4 is 16.0 Å². The first-order chi connectivity index (χ1) is 16.7. The monoisotopic (exact) mass is 492 g/mol. The summed E-state index contributed by atoms with van der Waals surface area (Å²) in [5.74, 6) is -1.94. The maximum Gasteiger partial charge on any atom is 0.329 e. The molecule has 182 valence electrons. The van der Waals surface area contributed by atoms with Gasteiger partial charge in [-0.1, -0.05) is 19.9 Å². The third-order valence-corrected chi connectivity index (χ3v) is 7.35. The van der Waals surface area contributed by atoms with Gasteiger partial charge in [0.1, 0.15) is 16.2 Å². The highest BCUT2D eigenvalue weighted by Gasteiger charge is 2.38. The van der Waals surface area contributed by atoms with Gasteiger partial charge >= 0.3 is 12.0 Å². The molecule has 0 spiro atoms. The van der Waals surface area contributed by atoms with E-state index in [4.69, 9.17) is 0 Å². The molecule has 4 N–H and O–H groups in total. The highest BCUT2D eigenvalue weighted by Crippen LogP contribution is 2.27. The van der Waals surface area contributed by atoms with E-state index >= 15 is 0 Å². The first-order valence-electron chi connectivity index (χ1n) is 11.5. The second-order valence-electron chi connectivity index (χ2n) is 9.15. The van der Waals surface area contributed by atoms with Crippen molar-refractivity contribution in [3.05, 3.63) is 64.7 Å². The number of thiazole rings is 1. The number of benzene rings is 2. The molecule has 9 heteroatoms. The molecule has 3 aromatic rings. The summed E-state index contributed by atoms with van der Waals surface area (Å²) in [6.07, 6.45) is 3.30. The molecule has 0 unspecified atom stereocenters. The number of fused-ring (bicyclic) bond motifs is 1. The van der Waals surface area contributed by atoms with Crippen LogP contribution >= 0.6 is 11.3 Å². The Hall–Kier alpha value is -3.72. The summed E-state index contributed by atoms with van der Waals surface area (Å²) < 4.78 is 0. The minimum absolute atomic E-state index is 0.161. The number of amides is 3. The number of urea groups is 1. The molecule has 4 rings (SSSR count). The van der Waals surface area contributed by atoms with Crippen LogP contribution in [0.2, 0.25) is 0 Å². The quantitative estimate of drug-likeness (QED) is 0.363. The van der Waals surface area contributed by atoms with Crippen molar-refractivity contribution in [2.75, 3.05) is 10.6 Å². The number of aromatic nitrogens is 1. The van der Waals surface area contributed by atoms with E-state index < -0.39 is 17.4 Å². The molecule has 1 atom stereocenters. The summed E-state index contributed by atoms with van der Waals surface area (Å²) in [4.78, 5) is 41.0. The van der Waals surface area contributed by atoms with Crippen LogP contribution in [-0.4, -0.2) is 33.5 Å². The number of rotatable bonds is 7. The van der Waals surface area contributed by atoms with Gasteiger partial charge in [0, 0.05) is 22.3 Å². The lowest BCUT2D eigenvalue weighted by Crippen LogP contribution is -2.55. The van der Waals surface area contributed by atoms with E-state index in [1.807, 2.05) is 12.1 Å². The number of carboxylic acid groups (broad SMARTS) is 1. The summed E-state index contributed by atoms with van der Waals surface area (Å²) in [5, 5.41) is 20.0. The van der Waals surface area contributed by atoms with Crippen LogP contribution in [0.1, 0.15) is 48.8 Å².